The van der Waals surface area contributed by atoms with Crippen molar-refractivity contribution in [3.8, 4) is 5.75 Å². The van der Waals surface area contributed by atoms with Gasteiger partial charge in [-0.3, -0.25) is 0 Å². The van der Waals surface area contributed by atoms with E-state index >= 15 is 0 Å². The Bertz CT molecular complexity index is 583. The minimum atomic E-state index is -1.51. The fourth-order valence-corrected chi connectivity index (χ4v) is 1.61. The Morgan fingerprint density at radius 2 is 1.86 bits per heavy atom. The van der Waals surface area contributed by atoms with Crippen LogP contribution >= 0.6 is 0 Å². The van der Waals surface area contributed by atoms with Gasteiger partial charge >= 0.3 is 12.1 Å². The number of carboxylic acid groups (broad SMARTS) is 1. The molecule has 0 aromatic heterocycles. The minimum absolute atomic E-state index is 0.293. The maximum atomic E-state index is 13.6. The highest BCUT2D eigenvalue weighted by Gasteiger charge is 2.26. The monoisotopic (exact) mass is 317 g/mol. The molecule has 1 amide bonds. The van der Waals surface area contributed by atoms with Gasteiger partial charge in [0.05, 0.1) is 0 Å². The van der Waals surface area contributed by atoms with Crippen molar-refractivity contribution < 1.29 is 33.3 Å². The molecule has 0 radical (unpaired) electrons. The van der Waals surface area contributed by atoms with Crippen molar-refractivity contribution in [1.29, 1.82) is 0 Å². The summed E-state index contributed by atoms with van der Waals surface area (Å²) < 4.78 is 31.8. The summed E-state index contributed by atoms with van der Waals surface area (Å²) in [5.41, 5.74) is -1.12. The van der Waals surface area contributed by atoms with E-state index in [-0.39, 0.29) is 5.56 Å². The molecule has 6 nitrogen and oxygen atoms in total. The number of hydrogen-bond acceptors (Lipinski definition) is 4. The molecule has 0 aliphatic heterocycles. The lowest BCUT2D eigenvalue weighted by Gasteiger charge is -2.22. The van der Waals surface area contributed by atoms with Crippen molar-refractivity contribution in [2.75, 3.05) is 0 Å². The second-order valence-corrected chi connectivity index (χ2v) is 5.61. The zero-order chi connectivity index (χ0) is 17.1. The Hall–Kier alpha value is -2.38. The van der Waals surface area contributed by atoms with Crippen molar-refractivity contribution >= 4 is 12.1 Å². The van der Waals surface area contributed by atoms with E-state index in [1.165, 1.54) is 0 Å². The number of carbonyl (C=O) groups excluding carboxylic acids is 1. The van der Waals surface area contributed by atoms with Gasteiger partial charge in [-0.05, 0) is 32.4 Å². The van der Waals surface area contributed by atoms with E-state index in [2.05, 4.69) is 5.32 Å². The molecular weight excluding hydrogens is 300 g/mol. The Kier molecular flexibility index (Phi) is 5.29. The molecule has 22 heavy (non-hydrogen) atoms. The molecule has 0 spiro atoms. The van der Waals surface area contributed by atoms with Crippen molar-refractivity contribution in [3.05, 3.63) is 29.3 Å². The number of phenols is 1. The van der Waals surface area contributed by atoms with Crippen molar-refractivity contribution in [3.63, 3.8) is 0 Å². The van der Waals surface area contributed by atoms with E-state index in [4.69, 9.17) is 14.9 Å². The molecule has 0 saturated heterocycles. The molecule has 0 saturated carbocycles. The molecule has 0 fully saturated rings. The average molecular weight is 317 g/mol. The molecule has 0 aliphatic carbocycles. The molecule has 1 atom stereocenters. The van der Waals surface area contributed by atoms with Gasteiger partial charge in [-0.25, -0.2) is 14.0 Å². The third kappa shape index (κ3) is 4.87. The Morgan fingerprint density at radius 3 is 2.36 bits per heavy atom. The van der Waals surface area contributed by atoms with Crippen LogP contribution in [0.3, 0.4) is 0 Å². The van der Waals surface area contributed by atoms with E-state index in [0.717, 1.165) is 12.1 Å². The number of benzene rings is 1. The fourth-order valence-electron chi connectivity index (χ4n) is 1.61. The van der Waals surface area contributed by atoms with Crippen LogP contribution in [0.4, 0.5) is 13.6 Å². The molecule has 0 aliphatic rings. The number of carbonyl (C=O) groups is 2. The first-order valence-electron chi connectivity index (χ1n) is 6.39. The Balaban J connectivity index is 2.88. The van der Waals surface area contributed by atoms with Crippen LogP contribution in [0.1, 0.15) is 26.3 Å². The zero-order valence-electron chi connectivity index (χ0n) is 12.3. The first kappa shape index (κ1) is 17.7. The van der Waals surface area contributed by atoms with Crippen LogP contribution in [-0.4, -0.2) is 33.9 Å². The normalized spacial score (nSPS) is 12.6. The van der Waals surface area contributed by atoms with Gasteiger partial charge in [-0.1, -0.05) is 6.07 Å². The molecule has 3 N–H and O–H groups in total. The number of hydrogen-bond donors (Lipinski definition) is 3. The largest absolute Gasteiger partial charge is 0.505 e. The number of rotatable bonds is 4. The van der Waals surface area contributed by atoms with Crippen LogP contribution in [0.25, 0.3) is 0 Å². The van der Waals surface area contributed by atoms with Gasteiger partial charge in [0, 0.05) is 6.42 Å². The quantitative estimate of drug-likeness (QED) is 0.791. The topological polar surface area (TPSA) is 95.9 Å². The predicted octanol–water partition coefficient (Wildman–Crippen LogP) is 2.19. The first-order valence-corrected chi connectivity index (χ1v) is 6.39. The molecule has 1 rings (SSSR count). The van der Waals surface area contributed by atoms with Crippen molar-refractivity contribution in [2.24, 2.45) is 0 Å². The summed E-state index contributed by atoms with van der Waals surface area (Å²) in [5, 5.41) is 20.2. The highest BCUT2D eigenvalue weighted by atomic mass is 19.2. The Morgan fingerprint density at radius 1 is 1.27 bits per heavy atom. The summed E-state index contributed by atoms with van der Waals surface area (Å²) >= 11 is 0. The first-order chi connectivity index (χ1) is 10.0. The lowest BCUT2D eigenvalue weighted by atomic mass is 10.0. The summed E-state index contributed by atoms with van der Waals surface area (Å²) in [4.78, 5) is 22.7. The minimum Gasteiger partial charge on any atom is -0.505 e. The summed E-state index contributed by atoms with van der Waals surface area (Å²) in [5.74, 6) is -5.15. The number of aromatic hydroxyl groups is 1. The van der Waals surface area contributed by atoms with Crippen LogP contribution in [0.15, 0.2) is 12.1 Å². The molecule has 1 aromatic carbocycles. The van der Waals surface area contributed by atoms with Crippen LogP contribution in [-0.2, 0) is 16.0 Å². The predicted molar refractivity (Wildman–Crippen MR) is 72.5 cm³/mol. The van der Waals surface area contributed by atoms with E-state index < -0.39 is 47.5 Å². The van der Waals surface area contributed by atoms with Crippen LogP contribution < -0.4 is 5.32 Å². The molecular formula is C14H17F2NO5. The highest BCUT2D eigenvalue weighted by Crippen LogP contribution is 2.22. The van der Waals surface area contributed by atoms with E-state index in [0.29, 0.717) is 0 Å². The third-order valence-electron chi connectivity index (χ3n) is 2.56. The van der Waals surface area contributed by atoms with Crippen molar-refractivity contribution in [2.45, 2.75) is 38.8 Å². The summed E-state index contributed by atoms with van der Waals surface area (Å²) in [6.07, 6.45) is -1.49. The van der Waals surface area contributed by atoms with Gasteiger partial charge in [0.2, 0.25) is 5.82 Å². The summed E-state index contributed by atoms with van der Waals surface area (Å²) in [6.45, 7) is 4.78. The smallest absolute Gasteiger partial charge is 0.408 e. The number of alkyl carbamates (subject to hydrolysis) is 1. The van der Waals surface area contributed by atoms with Gasteiger partial charge in [-0.2, -0.15) is 4.39 Å². The van der Waals surface area contributed by atoms with E-state index in [9.17, 15) is 18.4 Å². The maximum Gasteiger partial charge on any atom is 0.408 e. The van der Waals surface area contributed by atoms with Crippen LogP contribution in [0, 0.1) is 11.6 Å². The summed E-state index contributed by atoms with van der Waals surface area (Å²) in [7, 11) is 0. The van der Waals surface area contributed by atoms with E-state index in [1.807, 2.05) is 0 Å². The number of carboxylic acids is 1. The fraction of sp³-hybridized carbons (Fsp3) is 0.429. The lowest BCUT2D eigenvalue weighted by Crippen LogP contribution is -2.44. The van der Waals surface area contributed by atoms with Gasteiger partial charge in [0.15, 0.2) is 11.6 Å². The van der Waals surface area contributed by atoms with Crippen molar-refractivity contribution in [1.82, 2.24) is 5.32 Å². The lowest BCUT2D eigenvalue weighted by molar-refractivity contribution is -0.139. The number of nitrogens with one attached hydrogen (secondary N) is 1. The third-order valence-corrected chi connectivity index (χ3v) is 2.56. The second kappa shape index (κ2) is 6.59. The number of ether oxygens (including phenoxy) is 1. The van der Waals surface area contributed by atoms with Gasteiger partial charge < -0.3 is 20.3 Å². The number of aliphatic carboxylic acids is 1. The summed E-state index contributed by atoms with van der Waals surface area (Å²) in [6, 6.07) is 0.439. The molecule has 1 aromatic rings. The molecule has 122 valence electrons. The number of phenolic OH excluding ortho intramolecular Hbond substituents is 1. The standard InChI is InChI=1S/C14H17F2NO5/c1-14(2,3)22-13(21)17-8(12(19)20)6-7-4-5-9(18)11(16)10(7)15/h4-5,8,18H,6H2,1-3H3,(H,17,21)(H,19,20)/t8-/m0/s1. The Labute approximate surface area is 125 Å². The zero-order valence-corrected chi connectivity index (χ0v) is 12.3. The van der Waals surface area contributed by atoms with E-state index in [1.54, 1.807) is 20.8 Å². The van der Waals surface area contributed by atoms with Crippen LogP contribution in [0.5, 0.6) is 5.75 Å². The number of amides is 1. The molecule has 0 bridgehead atoms. The SMILES string of the molecule is CC(C)(C)OC(=O)N[C@@H](Cc1ccc(O)c(F)c1F)C(=O)O. The maximum absolute atomic E-state index is 13.6. The number of halogens is 2. The average Bonchev–Trinajstić information content (AvgIpc) is 2.36. The second-order valence-electron chi connectivity index (χ2n) is 5.61. The highest BCUT2D eigenvalue weighted by molar-refractivity contribution is 5.80. The van der Waals surface area contributed by atoms with Gasteiger partial charge in [0.25, 0.3) is 0 Å². The molecule has 0 unspecified atom stereocenters. The van der Waals surface area contributed by atoms with Gasteiger partial charge in [0.1, 0.15) is 11.6 Å². The van der Waals surface area contributed by atoms with Crippen LogP contribution in [0.2, 0.25) is 0 Å². The van der Waals surface area contributed by atoms with Gasteiger partial charge in [-0.15, -0.1) is 0 Å². The molecule has 0 heterocycles. The molecule has 8 heteroatoms.